The summed E-state index contributed by atoms with van der Waals surface area (Å²) in [5.41, 5.74) is -0.518. The lowest BCUT2D eigenvalue weighted by molar-refractivity contribution is -0.137. The second-order valence-corrected chi connectivity index (χ2v) is 5.21. The number of benzene rings is 2. The average molecular weight is 344 g/mol. The summed E-state index contributed by atoms with van der Waals surface area (Å²) in [7, 11) is 0. The van der Waals surface area contributed by atoms with Crippen LogP contribution in [0.4, 0.5) is 18.9 Å². The van der Waals surface area contributed by atoms with Gasteiger partial charge in [0.15, 0.2) is 6.10 Å². The van der Waals surface area contributed by atoms with Crippen LogP contribution < -0.4 is 10.1 Å². The first-order valence-corrected chi connectivity index (χ1v) is 7.04. The molecule has 0 aromatic heterocycles. The van der Waals surface area contributed by atoms with Crippen molar-refractivity contribution in [3.05, 3.63) is 59.1 Å². The Kier molecular flexibility index (Phi) is 5.15. The summed E-state index contributed by atoms with van der Waals surface area (Å²) in [6.45, 7) is 1.54. The van der Waals surface area contributed by atoms with Crippen molar-refractivity contribution in [2.45, 2.75) is 19.2 Å². The summed E-state index contributed by atoms with van der Waals surface area (Å²) < 4.78 is 42.8. The van der Waals surface area contributed by atoms with Crippen molar-refractivity contribution in [1.82, 2.24) is 0 Å². The Hall–Kier alpha value is -2.21. The molecular weight excluding hydrogens is 331 g/mol. The standard InChI is InChI=1S/C16H13ClF3NO2/c1-10(23-14-8-4-12(17)5-9-14)15(22)21-13-6-2-11(3-7-13)16(18,19)20/h2-10H,1H3,(H,21,22). The van der Waals surface area contributed by atoms with E-state index in [0.717, 1.165) is 12.1 Å². The fourth-order valence-electron chi connectivity index (χ4n) is 1.76. The number of ether oxygens (including phenoxy) is 1. The minimum atomic E-state index is -4.41. The Balaban J connectivity index is 1.96. The van der Waals surface area contributed by atoms with E-state index in [1.165, 1.54) is 19.1 Å². The number of hydrogen-bond donors (Lipinski definition) is 1. The van der Waals surface area contributed by atoms with E-state index in [0.29, 0.717) is 10.8 Å². The first kappa shape index (κ1) is 17.1. The molecule has 1 atom stereocenters. The van der Waals surface area contributed by atoms with E-state index < -0.39 is 23.8 Å². The highest BCUT2D eigenvalue weighted by Gasteiger charge is 2.30. The van der Waals surface area contributed by atoms with Crippen LogP contribution in [-0.2, 0) is 11.0 Å². The van der Waals surface area contributed by atoms with Gasteiger partial charge in [-0.1, -0.05) is 11.6 Å². The minimum Gasteiger partial charge on any atom is -0.481 e. The molecule has 1 amide bonds. The molecule has 0 aliphatic heterocycles. The van der Waals surface area contributed by atoms with Gasteiger partial charge in [0.2, 0.25) is 0 Å². The average Bonchev–Trinajstić information content (AvgIpc) is 2.49. The van der Waals surface area contributed by atoms with Crippen molar-refractivity contribution < 1.29 is 22.7 Å². The number of rotatable bonds is 4. The highest BCUT2D eigenvalue weighted by molar-refractivity contribution is 6.30. The molecule has 122 valence electrons. The molecule has 0 radical (unpaired) electrons. The quantitative estimate of drug-likeness (QED) is 0.868. The SMILES string of the molecule is CC(Oc1ccc(Cl)cc1)C(=O)Nc1ccc(C(F)(F)F)cc1. The molecule has 7 heteroatoms. The smallest absolute Gasteiger partial charge is 0.416 e. The summed E-state index contributed by atoms with van der Waals surface area (Å²) >= 11 is 5.75. The molecule has 1 unspecified atom stereocenters. The molecule has 0 bridgehead atoms. The number of hydrogen-bond acceptors (Lipinski definition) is 2. The summed E-state index contributed by atoms with van der Waals surface area (Å²) in [6, 6.07) is 10.7. The first-order valence-electron chi connectivity index (χ1n) is 6.66. The molecule has 1 N–H and O–H groups in total. The van der Waals surface area contributed by atoms with Gasteiger partial charge in [0, 0.05) is 10.7 Å². The molecule has 2 aromatic carbocycles. The normalized spacial score (nSPS) is 12.6. The fraction of sp³-hybridized carbons (Fsp3) is 0.188. The molecular formula is C16H13ClF3NO2. The Morgan fingerprint density at radius 1 is 1.09 bits per heavy atom. The molecule has 0 aliphatic rings. The van der Waals surface area contributed by atoms with Crippen molar-refractivity contribution in [3.8, 4) is 5.75 Å². The summed E-state index contributed by atoms with van der Waals surface area (Å²) in [6.07, 6.45) is -5.23. The zero-order valence-corrected chi connectivity index (χ0v) is 12.8. The molecule has 23 heavy (non-hydrogen) atoms. The summed E-state index contributed by atoms with van der Waals surface area (Å²) in [4.78, 5) is 12.0. The van der Waals surface area contributed by atoms with Gasteiger partial charge in [-0.25, -0.2) is 0 Å². The molecule has 3 nitrogen and oxygen atoms in total. The number of anilines is 1. The summed E-state index contributed by atoms with van der Waals surface area (Å²) in [5, 5.41) is 3.04. The second kappa shape index (κ2) is 6.91. The Labute approximate surface area is 136 Å². The molecule has 0 heterocycles. The number of alkyl halides is 3. The third-order valence-electron chi connectivity index (χ3n) is 2.98. The lowest BCUT2D eigenvalue weighted by Gasteiger charge is -2.15. The Morgan fingerprint density at radius 3 is 2.17 bits per heavy atom. The highest BCUT2D eigenvalue weighted by Crippen LogP contribution is 2.29. The maximum atomic E-state index is 12.5. The van der Waals surface area contributed by atoms with Crippen molar-refractivity contribution in [3.63, 3.8) is 0 Å². The van der Waals surface area contributed by atoms with E-state index in [9.17, 15) is 18.0 Å². The van der Waals surface area contributed by atoms with Crippen LogP contribution in [0, 0.1) is 0 Å². The molecule has 2 aromatic rings. The predicted molar refractivity (Wildman–Crippen MR) is 81.6 cm³/mol. The summed E-state index contributed by atoms with van der Waals surface area (Å²) in [5.74, 6) is -0.0100. The molecule has 0 spiro atoms. The molecule has 2 rings (SSSR count). The maximum Gasteiger partial charge on any atom is 0.416 e. The first-order chi connectivity index (χ1) is 10.8. The van der Waals surface area contributed by atoms with E-state index >= 15 is 0 Å². The number of carbonyl (C=O) groups is 1. The Morgan fingerprint density at radius 2 is 1.65 bits per heavy atom. The van der Waals surface area contributed by atoms with Crippen LogP contribution in [0.2, 0.25) is 5.02 Å². The topological polar surface area (TPSA) is 38.3 Å². The van der Waals surface area contributed by atoms with E-state index in [4.69, 9.17) is 16.3 Å². The zero-order chi connectivity index (χ0) is 17.0. The number of carbonyl (C=O) groups excluding carboxylic acids is 1. The molecule has 0 aliphatic carbocycles. The van der Waals surface area contributed by atoms with Gasteiger partial charge in [0.25, 0.3) is 5.91 Å². The van der Waals surface area contributed by atoms with Crippen LogP contribution in [-0.4, -0.2) is 12.0 Å². The van der Waals surface area contributed by atoms with E-state index in [1.807, 2.05) is 0 Å². The van der Waals surface area contributed by atoms with E-state index in [2.05, 4.69) is 5.32 Å². The van der Waals surface area contributed by atoms with Crippen LogP contribution >= 0.6 is 11.6 Å². The van der Waals surface area contributed by atoms with Gasteiger partial charge in [0.1, 0.15) is 5.75 Å². The number of halogens is 4. The lowest BCUT2D eigenvalue weighted by Crippen LogP contribution is -2.30. The highest BCUT2D eigenvalue weighted by atomic mass is 35.5. The third-order valence-corrected chi connectivity index (χ3v) is 3.23. The number of amides is 1. The fourth-order valence-corrected chi connectivity index (χ4v) is 1.88. The van der Waals surface area contributed by atoms with Crippen LogP contribution in [0.15, 0.2) is 48.5 Å². The van der Waals surface area contributed by atoms with E-state index in [1.54, 1.807) is 24.3 Å². The molecule has 0 saturated carbocycles. The van der Waals surface area contributed by atoms with Gasteiger partial charge in [-0.3, -0.25) is 4.79 Å². The van der Waals surface area contributed by atoms with E-state index in [-0.39, 0.29) is 5.69 Å². The van der Waals surface area contributed by atoms with Crippen LogP contribution in [0.1, 0.15) is 12.5 Å². The van der Waals surface area contributed by atoms with Crippen molar-refractivity contribution in [2.75, 3.05) is 5.32 Å². The Bertz CT molecular complexity index is 669. The lowest BCUT2D eigenvalue weighted by atomic mass is 10.2. The van der Waals surface area contributed by atoms with Gasteiger partial charge in [-0.05, 0) is 55.5 Å². The molecule has 0 fully saturated rings. The van der Waals surface area contributed by atoms with Crippen molar-refractivity contribution in [2.24, 2.45) is 0 Å². The predicted octanol–water partition coefficient (Wildman–Crippen LogP) is 4.76. The monoisotopic (exact) mass is 343 g/mol. The van der Waals surface area contributed by atoms with Crippen LogP contribution in [0.3, 0.4) is 0 Å². The largest absolute Gasteiger partial charge is 0.481 e. The van der Waals surface area contributed by atoms with Crippen molar-refractivity contribution >= 4 is 23.2 Å². The molecule has 0 saturated heterocycles. The second-order valence-electron chi connectivity index (χ2n) is 4.78. The van der Waals surface area contributed by atoms with Crippen LogP contribution in [0.5, 0.6) is 5.75 Å². The van der Waals surface area contributed by atoms with Crippen LogP contribution in [0.25, 0.3) is 0 Å². The van der Waals surface area contributed by atoms with Gasteiger partial charge < -0.3 is 10.1 Å². The van der Waals surface area contributed by atoms with Crippen molar-refractivity contribution in [1.29, 1.82) is 0 Å². The number of nitrogens with one attached hydrogen (secondary N) is 1. The third kappa shape index (κ3) is 4.89. The maximum absolute atomic E-state index is 12.5. The zero-order valence-electron chi connectivity index (χ0n) is 12.0. The van der Waals surface area contributed by atoms with Gasteiger partial charge in [-0.15, -0.1) is 0 Å². The van der Waals surface area contributed by atoms with Gasteiger partial charge >= 0.3 is 6.18 Å². The minimum absolute atomic E-state index is 0.259. The van der Waals surface area contributed by atoms with Gasteiger partial charge in [0.05, 0.1) is 5.56 Å². The van der Waals surface area contributed by atoms with Gasteiger partial charge in [-0.2, -0.15) is 13.2 Å².